The van der Waals surface area contributed by atoms with Crippen LogP contribution >= 0.6 is 0 Å². The summed E-state index contributed by atoms with van der Waals surface area (Å²) in [5.74, 6) is 0.693. The molecule has 2 N–H and O–H groups in total. The molecular weight excluding hydrogens is 427 g/mol. The van der Waals surface area contributed by atoms with Crippen LogP contribution in [0.1, 0.15) is 37.9 Å². The summed E-state index contributed by atoms with van der Waals surface area (Å²) in [5.41, 5.74) is 1.06. The van der Waals surface area contributed by atoms with Crippen LogP contribution in [0.5, 0.6) is 11.5 Å². The van der Waals surface area contributed by atoms with E-state index in [2.05, 4.69) is 20.5 Å². The van der Waals surface area contributed by atoms with Crippen LogP contribution in [-0.2, 0) is 17.8 Å². The average Bonchev–Trinajstić information content (AvgIpc) is 2.81. The van der Waals surface area contributed by atoms with Gasteiger partial charge >= 0.3 is 0 Å². The molecule has 0 saturated carbocycles. The van der Waals surface area contributed by atoms with Gasteiger partial charge in [-0.25, -0.2) is 4.39 Å². The van der Waals surface area contributed by atoms with E-state index in [1.54, 1.807) is 30.3 Å². The lowest BCUT2D eigenvalue weighted by Gasteiger charge is -2.12. The molecule has 3 rings (SSSR count). The molecule has 33 heavy (non-hydrogen) atoms. The van der Waals surface area contributed by atoms with Gasteiger partial charge in [-0.2, -0.15) is 0 Å². The van der Waals surface area contributed by atoms with E-state index >= 15 is 0 Å². The van der Waals surface area contributed by atoms with E-state index in [1.165, 1.54) is 19.2 Å². The second-order valence-electron chi connectivity index (χ2n) is 7.61. The van der Waals surface area contributed by atoms with Crippen molar-refractivity contribution in [2.75, 3.05) is 7.11 Å². The average molecular weight is 455 g/mol. The van der Waals surface area contributed by atoms with Crippen LogP contribution in [0.4, 0.5) is 4.39 Å². The van der Waals surface area contributed by atoms with Crippen LogP contribution in [0.25, 0.3) is 11.4 Å². The zero-order chi connectivity index (χ0) is 23.8. The molecule has 1 aromatic heterocycles. The number of amides is 1. The highest BCUT2D eigenvalue weighted by molar-refractivity contribution is 5.76. The molecule has 0 spiro atoms. The van der Waals surface area contributed by atoms with E-state index < -0.39 is 5.56 Å². The molecule has 0 aliphatic carbocycles. The Hall–Kier alpha value is -3.75. The summed E-state index contributed by atoms with van der Waals surface area (Å²) in [7, 11) is 1.50. The van der Waals surface area contributed by atoms with Crippen LogP contribution < -0.4 is 20.3 Å². The Kier molecular flexibility index (Phi) is 8.12. The number of nitrogens with zero attached hydrogens (tertiary/aromatic N) is 2. The molecule has 0 aliphatic rings. The van der Waals surface area contributed by atoms with Crippen molar-refractivity contribution in [2.24, 2.45) is 0 Å². The van der Waals surface area contributed by atoms with Gasteiger partial charge in [-0.15, -0.1) is 10.2 Å². The highest BCUT2D eigenvalue weighted by Crippen LogP contribution is 2.31. The predicted octanol–water partition coefficient (Wildman–Crippen LogP) is 3.41. The van der Waals surface area contributed by atoms with E-state index in [-0.39, 0.29) is 48.7 Å². The van der Waals surface area contributed by atoms with Crippen molar-refractivity contribution in [3.05, 3.63) is 69.9 Å². The van der Waals surface area contributed by atoms with E-state index in [4.69, 9.17) is 9.47 Å². The molecule has 0 fully saturated rings. The maximum absolute atomic E-state index is 13.4. The summed E-state index contributed by atoms with van der Waals surface area (Å²) in [4.78, 5) is 27.1. The molecule has 0 unspecified atom stereocenters. The number of methoxy groups -OCH3 is 1. The van der Waals surface area contributed by atoms with Crippen LogP contribution in [0.2, 0.25) is 0 Å². The molecule has 0 saturated heterocycles. The van der Waals surface area contributed by atoms with Gasteiger partial charge < -0.3 is 19.8 Å². The first-order valence-electron chi connectivity index (χ1n) is 10.7. The zero-order valence-corrected chi connectivity index (χ0v) is 18.9. The minimum atomic E-state index is -0.401. The monoisotopic (exact) mass is 454 g/mol. The minimum Gasteiger partial charge on any atom is -0.493 e. The molecule has 1 atom stereocenters. The number of rotatable bonds is 10. The number of nitrogens with one attached hydrogen (secondary N) is 2. The van der Waals surface area contributed by atoms with Crippen molar-refractivity contribution in [2.45, 2.75) is 45.8 Å². The summed E-state index contributed by atoms with van der Waals surface area (Å²) >= 11 is 0. The molecule has 9 heteroatoms. The smallest absolute Gasteiger partial charge is 0.273 e. The van der Waals surface area contributed by atoms with E-state index in [0.717, 1.165) is 6.42 Å². The summed E-state index contributed by atoms with van der Waals surface area (Å²) in [6.07, 6.45) is 1.19. The third-order valence-electron chi connectivity index (χ3n) is 5.09. The molecule has 3 aromatic rings. The van der Waals surface area contributed by atoms with Gasteiger partial charge in [0.2, 0.25) is 5.91 Å². The Morgan fingerprint density at radius 2 is 2.00 bits per heavy atom. The van der Waals surface area contributed by atoms with Gasteiger partial charge in [-0.3, -0.25) is 9.59 Å². The molecule has 0 bridgehead atoms. The molecule has 0 aliphatic heterocycles. The number of hydrogen-bond acceptors (Lipinski definition) is 6. The first kappa shape index (κ1) is 23.9. The normalized spacial score (nSPS) is 11.6. The maximum Gasteiger partial charge on any atom is 0.273 e. The van der Waals surface area contributed by atoms with E-state index in [9.17, 15) is 14.0 Å². The predicted molar refractivity (Wildman–Crippen MR) is 122 cm³/mol. The molecule has 1 amide bonds. The lowest BCUT2D eigenvalue weighted by atomic mass is 10.1. The Labute approximate surface area is 191 Å². The number of hydrogen-bond donors (Lipinski definition) is 2. The highest BCUT2D eigenvalue weighted by atomic mass is 19.1. The molecule has 0 radical (unpaired) electrons. The van der Waals surface area contributed by atoms with Gasteiger partial charge in [-0.05, 0) is 49.2 Å². The topological polar surface area (TPSA) is 106 Å². The summed E-state index contributed by atoms with van der Waals surface area (Å²) in [6, 6.07) is 11.3. The summed E-state index contributed by atoms with van der Waals surface area (Å²) in [6.45, 7) is 4.08. The number of ether oxygens (including phenoxy) is 2. The van der Waals surface area contributed by atoms with Crippen LogP contribution in [0, 0.1) is 5.82 Å². The van der Waals surface area contributed by atoms with Gasteiger partial charge in [0.1, 0.15) is 18.1 Å². The van der Waals surface area contributed by atoms with Crippen LogP contribution in [0.15, 0.2) is 47.3 Å². The Morgan fingerprint density at radius 3 is 2.70 bits per heavy atom. The Balaban J connectivity index is 1.69. The molecule has 2 aromatic carbocycles. The van der Waals surface area contributed by atoms with Crippen LogP contribution in [-0.4, -0.2) is 34.2 Å². The maximum atomic E-state index is 13.4. The fourth-order valence-corrected chi connectivity index (χ4v) is 3.06. The van der Waals surface area contributed by atoms with Gasteiger partial charge in [-0.1, -0.05) is 19.1 Å². The summed E-state index contributed by atoms with van der Waals surface area (Å²) < 4.78 is 24.5. The van der Waals surface area contributed by atoms with Crippen molar-refractivity contribution >= 4 is 5.91 Å². The number of benzene rings is 2. The lowest BCUT2D eigenvalue weighted by Crippen LogP contribution is -2.32. The standard InChI is InChI=1S/C24H27FN4O4/c1-4-15(2)26-22(30)11-9-19-24(31)27-23(29-28-19)17-8-10-20(21(13-17)32-3)33-14-16-6-5-7-18(25)12-16/h5-8,10,12-13,15H,4,9,11,14H2,1-3H3,(H,26,30)(H,27,29,31)/t15-/m0/s1. The fraction of sp³-hybridized carbons (Fsp3) is 0.333. The zero-order valence-electron chi connectivity index (χ0n) is 18.9. The van der Waals surface area contributed by atoms with Gasteiger partial charge in [0, 0.05) is 24.4 Å². The Morgan fingerprint density at radius 1 is 1.18 bits per heavy atom. The SMILES string of the molecule is CC[C@H](C)NC(=O)CCc1nnc(-c2ccc(OCc3cccc(F)c3)c(OC)c2)[nH]c1=O. The van der Waals surface area contributed by atoms with E-state index in [1.807, 2.05) is 13.8 Å². The van der Waals surface area contributed by atoms with Crippen molar-refractivity contribution in [1.82, 2.24) is 20.5 Å². The number of carbonyl (C=O) groups excluding carboxylic acids is 1. The van der Waals surface area contributed by atoms with E-state index in [0.29, 0.717) is 22.6 Å². The van der Waals surface area contributed by atoms with Crippen molar-refractivity contribution in [1.29, 1.82) is 0 Å². The number of halogens is 1. The molecular formula is C24H27FN4O4. The van der Waals surface area contributed by atoms with Gasteiger partial charge in [0.25, 0.3) is 5.56 Å². The second-order valence-corrected chi connectivity index (χ2v) is 7.61. The number of aryl methyl sites for hydroxylation is 1. The lowest BCUT2D eigenvalue weighted by molar-refractivity contribution is -0.121. The highest BCUT2D eigenvalue weighted by Gasteiger charge is 2.13. The molecule has 1 heterocycles. The first-order valence-corrected chi connectivity index (χ1v) is 10.7. The van der Waals surface area contributed by atoms with Crippen molar-refractivity contribution in [3.63, 3.8) is 0 Å². The molecule has 8 nitrogen and oxygen atoms in total. The Bertz CT molecular complexity index is 1170. The second kappa shape index (κ2) is 11.2. The molecule has 174 valence electrons. The largest absolute Gasteiger partial charge is 0.493 e. The number of H-pyrrole nitrogens is 1. The summed E-state index contributed by atoms with van der Waals surface area (Å²) in [5, 5.41) is 11.0. The van der Waals surface area contributed by atoms with Crippen molar-refractivity contribution < 1.29 is 18.7 Å². The number of carbonyl (C=O) groups is 1. The minimum absolute atomic E-state index is 0.0834. The van der Waals surface area contributed by atoms with Crippen molar-refractivity contribution in [3.8, 4) is 22.9 Å². The van der Waals surface area contributed by atoms with Gasteiger partial charge in [0.15, 0.2) is 17.3 Å². The fourth-order valence-electron chi connectivity index (χ4n) is 3.06. The third-order valence-corrected chi connectivity index (χ3v) is 5.09. The number of aromatic nitrogens is 3. The first-order chi connectivity index (χ1) is 15.9. The number of aromatic amines is 1. The quantitative estimate of drug-likeness (QED) is 0.486. The third kappa shape index (κ3) is 6.61. The van der Waals surface area contributed by atoms with Crippen LogP contribution in [0.3, 0.4) is 0 Å². The van der Waals surface area contributed by atoms with Gasteiger partial charge in [0.05, 0.1) is 7.11 Å².